The van der Waals surface area contributed by atoms with Gasteiger partial charge in [0.1, 0.15) is 17.2 Å². The van der Waals surface area contributed by atoms with E-state index in [9.17, 15) is 9.59 Å². The SMILES string of the molecule is CCCCN(CC)C(=O)c1cn2c(NC(=O)CC34CC5CC(CC(C5)C3)C4)cccc2n1. The summed E-state index contributed by atoms with van der Waals surface area (Å²) >= 11 is 0. The van der Waals surface area contributed by atoms with Crippen molar-refractivity contribution in [3.05, 3.63) is 30.1 Å². The van der Waals surface area contributed by atoms with E-state index in [0.29, 0.717) is 30.1 Å². The second-order valence-electron chi connectivity index (χ2n) is 10.6. The van der Waals surface area contributed by atoms with Gasteiger partial charge in [-0.2, -0.15) is 0 Å². The Hall–Kier alpha value is -2.37. The number of nitrogens with one attached hydrogen (secondary N) is 1. The average molecular weight is 437 g/mol. The Morgan fingerprint density at radius 3 is 2.44 bits per heavy atom. The molecular formula is C26H36N4O2. The maximum absolute atomic E-state index is 13.1. The predicted molar refractivity (Wildman–Crippen MR) is 126 cm³/mol. The Morgan fingerprint density at radius 2 is 1.81 bits per heavy atom. The Kier molecular flexibility index (Phi) is 5.72. The Labute approximate surface area is 190 Å². The van der Waals surface area contributed by atoms with Crippen molar-refractivity contribution in [3.8, 4) is 0 Å². The van der Waals surface area contributed by atoms with E-state index in [2.05, 4.69) is 17.2 Å². The normalized spacial score (nSPS) is 28.2. The van der Waals surface area contributed by atoms with Gasteiger partial charge < -0.3 is 10.2 Å². The van der Waals surface area contributed by atoms with Gasteiger partial charge in [0.25, 0.3) is 5.91 Å². The fourth-order valence-electron chi connectivity index (χ4n) is 7.16. The van der Waals surface area contributed by atoms with Gasteiger partial charge >= 0.3 is 0 Å². The molecule has 4 saturated carbocycles. The number of carbonyl (C=O) groups is 2. The van der Waals surface area contributed by atoms with Crippen LogP contribution in [0.2, 0.25) is 0 Å². The summed E-state index contributed by atoms with van der Waals surface area (Å²) in [5.74, 6) is 3.27. The molecule has 4 bridgehead atoms. The molecule has 2 amide bonds. The van der Waals surface area contributed by atoms with E-state index >= 15 is 0 Å². The van der Waals surface area contributed by atoms with Crippen LogP contribution >= 0.6 is 0 Å². The number of amides is 2. The number of rotatable bonds is 8. The highest BCUT2D eigenvalue weighted by Gasteiger charge is 2.51. The molecule has 0 aromatic carbocycles. The number of unbranched alkanes of at least 4 members (excludes halogenated alkanes) is 1. The highest BCUT2D eigenvalue weighted by molar-refractivity contribution is 5.94. The first-order valence-corrected chi connectivity index (χ1v) is 12.6. The zero-order chi connectivity index (χ0) is 22.3. The largest absolute Gasteiger partial charge is 0.338 e. The lowest BCUT2D eigenvalue weighted by atomic mass is 9.49. The Morgan fingerprint density at radius 1 is 1.12 bits per heavy atom. The summed E-state index contributed by atoms with van der Waals surface area (Å²) < 4.78 is 1.85. The molecule has 6 rings (SSSR count). The summed E-state index contributed by atoms with van der Waals surface area (Å²) in [7, 11) is 0. The molecule has 4 aliphatic rings. The highest BCUT2D eigenvalue weighted by Crippen LogP contribution is 2.61. The van der Waals surface area contributed by atoms with Crippen LogP contribution in [0.25, 0.3) is 5.65 Å². The quantitative estimate of drug-likeness (QED) is 0.623. The van der Waals surface area contributed by atoms with Crippen molar-refractivity contribution in [2.75, 3.05) is 18.4 Å². The van der Waals surface area contributed by atoms with Gasteiger partial charge in [-0.1, -0.05) is 19.4 Å². The molecule has 1 N–H and O–H groups in total. The lowest BCUT2D eigenvalue weighted by Gasteiger charge is -2.56. The summed E-state index contributed by atoms with van der Waals surface area (Å²) in [5.41, 5.74) is 1.34. The first kappa shape index (κ1) is 21.5. The van der Waals surface area contributed by atoms with Crippen LogP contribution in [0.1, 0.15) is 82.1 Å². The van der Waals surface area contributed by atoms with Gasteiger partial charge in [0.15, 0.2) is 0 Å². The third kappa shape index (κ3) is 4.04. The molecule has 0 aliphatic heterocycles. The van der Waals surface area contributed by atoms with Crippen LogP contribution < -0.4 is 5.32 Å². The van der Waals surface area contributed by atoms with E-state index in [1.54, 1.807) is 6.20 Å². The lowest BCUT2D eigenvalue weighted by molar-refractivity contribution is -0.124. The molecular weight excluding hydrogens is 400 g/mol. The monoisotopic (exact) mass is 436 g/mol. The topological polar surface area (TPSA) is 66.7 Å². The first-order chi connectivity index (χ1) is 15.5. The van der Waals surface area contributed by atoms with Crippen LogP contribution in [0.4, 0.5) is 5.82 Å². The zero-order valence-electron chi connectivity index (χ0n) is 19.5. The van der Waals surface area contributed by atoms with E-state index in [1.807, 2.05) is 34.4 Å². The van der Waals surface area contributed by atoms with E-state index in [1.165, 1.54) is 38.5 Å². The van der Waals surface area contributed by atoms with E-state index in [4.69, 9.17) is 0 Å². The van der Waals surface area contributed by atoms with Crippen LogP contribution in [-0.4, -0.2) is 39.2 Å². The summed E-state index contributed by atoms with van der Waals surface area (Å²) in [4.78, 5) is 32.5. The number of imidazole rings is 1. The number of anilines is 1. The molecule has 6 heteroatoms. The summed E-state index contributed by atoms with van der Waals surface area (Å²) in [5, 5.41) is 3.15. The highest BCUT2D eigenvalue weighted by atomic mass is 16.2. The number of pyridine rings is 1. The van der Waals surface area contributed by atoms with E-state index in [0.717, 1.165) is 37.1 Å². The van der Waals surface area contributed by atoms with Gasteiger partial charge in [-0.05, 0) is 87.2 Å². The van der Waals surface area contributed by atoms with Crippen LogP contribution in [0, 0.1) is 23.2 Å². The number of aromatic nitrogens is 2. The van der Waals surface area contributed by atoms with Crippen molar-refractivity contribution >= 4 is 23.3 Å². The zero-order valence-corrected chi connectivity index (χ0v) is 19.5. The van der Waals surface area contributed by atoms with Gasteiger partial charge in [0.05, 0.1) is 0 Å². The summed E-state index contributed by atoms with van der Waals surface area (Å²) in [6.45, 7) is 5.54. The lowest BCUT2D eigenvalue weighted by Crippen LogP contribution is -2.47. The smallest absolute Gasteiger partial charge is 0.274 e. The average Bonchev–Trinajstić information content (AvgIpc) is 3.18. The molecule has 4 fully saturated rings. The maximum atomic E-state index is 13.1. The van der Waals surface area contributed by atoms with Crippen molar-refractivity contribution in [2.24, 2.45) is 23.2 Å². The molecule has 32 heavy (non-hydrogen) atoms. The van der Waals surface area contributed by atoms with Gasteiger partial charge in [-0.25, -0.2) is 4.98 Å². The molecule has 2 heterocycles. The summed E-state index contributed by atoms with van der Waals surface area (Å²) in [6, 6.07) is 5.68. The van der Waals surface area contributed by atoms with Crippen LogP contribution in [0.3, 0.4) is 0 Å². The fourth-order valence-corrected chi connectivity index (χ4v) is 7.16. The van der Waals surface area contributed by atoms with Crippen molar-refractivity contribution in [1.82, 2.24) is 14.3 Å². The molecule has 4 aliphatic carbocycles. The van der Waals surface area contributed by atoms with Crippen LogP contribution in [0.15, 0.2) is 24.4 Å². The van der Waals surface area contributed by atoms with E-state index < -0.39 is 0 Å². The number of hydrogen-bond acceptors (Lipinski definition) is 3. The number of carbonyl (C=O) groups excluding carboxylic acids is 2. The van der Waals surface area contributed by atoms with Crippen LogP contribution in [-0.2, 0) is 4.79 Å². The third-order valence-corrected chi connectivity index (χ3v) is 8.13. The minimum absolute atomic E-state index is 0.0458. The van der Waals surface area contributed by atoms with Gasteiger partial charge in [0.2, 0.25) is 5.91 Å². The van der Waals surface area contributed by atoms with Gasteiger partial charge in [-0.15, -0.1) is 0 Å². The molecule has 0 spiro atoms. The number of hydrogen-bond donors (Lipinski definition) is 1. The minimum atomic E-state index is -0.0458. The van der Waals surface area contributed by atoms with E-state index in [-0.39, 0.29) is 17.2 Å². The molecule has 0 radical (unpaired) electrons. The summed E-state index contributed by atoms with van der Waals surface area (Å²) in [6.07, 6.45) is 12.3. The fraction of sp³-hybridized carbons (Fsp3) is 0.654. The van der Waals surface area contributed by atoms with Crippen molar-refractivity contribution in [2.45, 2.75) is 71.6 Å². The van der Waals surface area contributed by atoms with Crippen LogP contribution in [0.5, 0.6) is 0 Å². The molecule has 0 unspecified atom stereocenters. The standard InChI is InChI=1S/C26H36N4O2/c1-3-5-9-29(4-2)25(32)21-17-30-22(27-21)7-6-8-23(30)28-24(31)16-26-13-18-10-19(14-26)12-20(11-18)15-26/h6-8,17-20H,3-5,9-16H2,1-2H3,(H,28,31). The second-order valence-corrected chi connectivity index (χ2v) is 10.6. The third-order valence-electron chi connectivity index (χ3n) is 8.13. The van der Waals surface area contributed by atoms with Crippen molar-refractivity contribution in [1.29, 1.82) is 0 Å². The molecule has 0 saturated heterocycles. The van der Waals surface area contributed by atoms with Gasteiger partial charge in [-0.3, -0.25) is 14.0 Å². The minimum Gasteiger partial charge on any atom is -0.338 e. The maximum Gasteiger partial charge on any atom is 0.274 e. The van der Waals surface area contributed by atoms with Crippen molar-refractivity contribution in [3.63, 3.8) is 0 Å². The molecule has 2 aromatic rings. The number of fused-ring (bicyclic) bond motifs is 1. The molecule has 2 aromatic heterocycles. The van der Waals surface area contributed by atoms with Crippen molar-refractivity contribution < 1.29 is 9.59 Å². The Balaban J connectivity index is 1.31. The molecule has 172 valence electrons. The predicted octanol–water partition coefficient (Wildman–Crippen LogP) is 5.14. The molecule has 6 nitrogen and oxygen atoms in total. The molecule has 0 atom stereocenters. The number of nitrogens with zero attached hydrogens (tertiary/aromatic N) is 3. The van der Waals surface area contributed by atoms with Gasteiger partial charge in [0, 0.05) is 25.7 Å². The Bertz CT molecular complexity index is 975. The second kappa shape index (κ2) is 8.53. The first-order valence-electron chi connectivity index (χ1n) is 12.6.